The van der Waals surface area contributed by atoms with Crippen molar-refractivity contribution in [3.8, 4) is 0 Å². The molecule has 0 aliphatic carbocycles. The van der Waals surface area contributed by atoms with Gasteiger partial charge in [-0.1, -0.05) is 44.2 Å². The summed E-state index contributed by atoms with van der Waals surface area (Å²) in [6.07, 6.45) is 1.11. The molecule has 0 unspecified atom stereocenters. The van der Waals surface area contributed by atoms with Crippen LogP contribution >= 0.6 is 0 Å². The molecule has 0 spiro atoms. The molecule has 2 aromatic carbocycles. The third-order valence-electron chi connectivity index (χ3n) is 4.15. The van der Waals surface area contributed by atoms with E-state index >= 15 is 0 Å². The number of nitrogens with one attached hydrogen (secondary N) is 1. The van der Waals surface area contributed by atoms with Gasteiger partial charge in [-0.15, -0.1) is 0 Å². The molecule has 25 heavy (non-hydrogen) atoms. The summed E-state index contributed by atoms with van der Waals surface area (Å²) < 4.78 is 24.8. The first-order chi connectivity index (χ1) is 11.6. The molecular weight excluding hydrogens is 336 g/mol. The van der Waals surface area contributed by atoms with Gasteiger partial charge in [0.25, 0.3) is 5.91 Å². The predicted molar refractivity (Wildman–Crippen MR) is 103 cm³/mol. The van der Waals surface area contributed by atoms with Crippen molar-refractivity contribution in [2.75, 3.05) is 22.9 Å². The van der Waals surface area contributed by atoms with E-state index in [1.807, 2.05) is 25.1 Å². The second-order valence-electron chi connectivity index (χ2n) is 6.40. The molecule has 0 aliphatic rings. The number of amides is 1. The molecule has 0 bridgehead atoms. The third kappa shape index (κ3) is 4.20. The van der Waals surface area contributed by atoms with Crippen molar-refractivity contribution >= 4 is 27.3 Å². The first kappa shape index (κ1) is 19.0. The molecule has 134 valence electrons. The van der Waals surface area contributed by atoms with Gasteiger partial charge in [-0.25, -0.2) is 8.42 Å². The largest absolute Gasteiger partial charge is 0.321 e. The molecule has 2 aromatic rings. The highest BCUT2D eigenvalue weighted by Gasteiger charge is 2.20. The van der Waals surface area contributed by atoms with Gasteiger partial charge in [0.1, 0.15) is 0 Å². The molecule has 0 saturated carbocycles. The minimum absolute atomic E-state index is 0.254. The molecule has 1 N–H and O–H groups in total. The Bertz CT molecular complexity index is 889. The SMILES string of the molecule is Cc1cccc(C(C)C)c1NC(=O)c1ccccc1N(C)S(C)(=O)=O. The van der Waals surface area contributed by atoms with Crippen LogP contribution in [0.1, 0.15) is 41.3 Å². The van der Waals surface area contributed by atoms with Gasteiger partial charge in [0.15, 0.2) is 0 Å². The summed E-state index contributed by atoms with van der Waals surface area (Å²) in [7, 11) is -2.02. The number of carbonyl (C=O) groups is 1. The van der Waals surface area contributed by atoms with Gasteiger partial charge in [-0.05, 0) is 36.1 Å². The first-order valence-corrected chi connectivity index (χ1v) is 9.91. The van der Waals surface area contributed by atoms with Gasteiger partial charge >= 0.3 is 0 Å². The van der Waals surface area contributed by atoms with E-state index in [0.717, 1.165) is 27.4 Å². The van der Waals surface area contributed by atoms with Crippen LogP contribution in [0.4, 0.5) is 11.4 Å². The summed E-state index contributed by atoms with van der Waals surface area (Å²) in [5.41, 5.74) is 3.45. The molecule has 0 radical (unpaired) electrons. The number of carbonyl (C=O) groups excluding carboxylic acids is 1. The predicted octanol–water partition coefficient (Wildman–Crippen LogP) is 3.77. The van der Waals surface area contributed by atoms with Gasteiger partial charge in [0.2, 0.25) is 10.0 Å². The van der Waals surface area contributed by atoms with Crippen molar-refractivity contribution in [3.63, 3.8) is 0 Å². The Hall–Kier alpha value is -2.34. The Morgan fingerprint density at radius 2 is 1.72 bits per heavy atom. The van der Waals surface area contributed by atoms with Crippen molar-refractivity contribution < 1.29 is 13.2 Å². The molecule has 6 heteroatoms. The number of anilines is 2. The Balaban J connectivity index is 2.45. The average Bonchev–Trinajstić information content (AvgIpc) is 2.54. The lowest BCUT2D eigenvalue weighted by molar-refractivity contribution is 0.102. The fraction of sp³-hybridized carbons (Fsp3) is 0.316. The molecule has 0 heterocycles. The lowest BCUT2D eigenvalue weighted by Crippen LogP contribution is -2.27. The number of hydrogen-bond acceptors (Lipinski definition) is 3. The summed E-state index contributed by atoms with van der Waals surface area (Å²) in [4.78, 5) is 12.9. The Labute approximate surface area is 149 Å². The topological polar surface area (TPSA) is 66.5 Å². The lowest BCUT2D eigenvalue weighted by atomic mass is 9.98. The van der Waals surface area contributed by atoms with Crippen LogP contribution in [0.2, 0.25) is 0 Å². The zero-order chi connectivity index (χ0) is 18.8. The van der Waals surface area contributed by atoms with Crippen molar-refractivity contribution in [3.05, 3.63) is 59.2 Å². The Morgan fingerprint density at radius 3 is 2.32 bits per heavy atom. The van der Waals surface area contributed by atoms with E-state index in [2.05, 4.69) is 19.2 Å². The maximum Gasteiger partial charge on any atom is 0.257 e. The van der Waals surface area contributed by atoms with Crippen LogP contribution in [0.5, 0.6) is 0 Å². The van der Waals surface area contributed by atoms with Gasteiger partial charge in [-0.2, -0.15) is 0 Å². The number of rotatable bonds is 5. The molecule has 0 saturated heterocycles. The highest BCUT2D eigenvalue weighted by atomic mass is 32.2. The van der Waals surface area contributed by atoms with Gasteiger partial charge in [0, 0.05) is 12.7 Å². The molecule has 2 rings (SSSR count). The maximum atomic E-state index is 12.9. The van der Waals surface area contributed by atoms with Crippen LogP contribution < -0.4 is 9.62 Å². The summed E-state index contributed by atoms with van der Waals surface area (Å²) in [5.74, 6) is -0.0774. The minimum atomic E-state index is -3.46. The summed E-state index contributed by atoms with van der Waals surface area (Å²) in [5, 5.41) is 2.96. The average molecular weight is 360 g/mol. The van der Waals surface area contributed by atoms with Crippen molar-refractivity contribution in [2.24, 2.45) is 0 Å². The molecule has 0 aliphatic heterocycles. The zero-order valence-corrected chi connectivity index (χ0v) is 16.0. The number of aryl methyl sites for hydroxylation is 1. The normalized spacial score (nSPS) is 11.4. The second kappa shape index (κ2) is 7.27. The summed E-state index contributed by atoms with van der Waals surface area (Å²) in [6.45, 7) is 6.07. The number of nitrogens with zero attached hydrogens (tertiary/aromatic N) is 1. The highest BCUT2D eigenvalue weighted by molar-refractivity contribution is 7.92. The van der Waals surface area contributed by atoms with Crippen LogP contribution in [-0.2, 0) is 10.0 Å². The minimum Gasteiger partial charge on any atom is -0.321 e. The van der Waals surface area contributed by atoms with Crippen LogP contribution in [0.25, 0.3) is 0 Å². The quantitative estimate of drug-likeness (QED) is 0.883. The van der Waals surface area contributed by atoms with Crippen LogP contribution in [0.3, 0.4) is 0 Å². The molecule has 0 atom stereocenters. The standard InChI is InChI=1S/C19H24N2O3S/c1-13(2)15-11-8-9-14(3)18(15)20-19(22)16-10-6-7-12-17(16)21(4)25(5,23)24/h6-13H,1-5H3,(H,20,22). The summed E-state index contributed by atoms with van der Waals surface area (Å²) >= 11 is 0. The zero-order valence-electron chi connectivity index (χ0n) is 15.2. The molecule has 1 amide bonds. The van der Waals surface area contributed by atoms with Crippen molar-refractivity contribution in [1.29, 1.82) is 0 Å². The third-order valence-corrected chi connectivity index (χ3v) is 5.34. The Kier molecular flexibility index (Phi) is 5.52. The Morgan fingerprint density at radius 1 is 1.08 bits per heavy atom. The first-order valence-electron chi connectivity index (χ1n) is 8.06. The monoisotopic (exact) mass is 360 g/mol. The van der Waals surface area contributed by atoms with Crippen molar-refractivity contribution in [1.82, 2.24) is 0 Å². The van der Waals surface area contributed by atoms with Gasteiger partial charge in [0.05, 0.1) is 17.5 Å². The van der Waals surface area contributed by atoms with E-state index in [9.17, 15) is 13.2 Å². The van der Waals surface area contributed by atoms with Crippen molar-refractivity contribution in [2.45, 2.75) is 26.7 Å². The van der Waals surface area contributed by atoms with Crippen LogP contribution in [0, 0.1) is 6.92 Å². The van der Waals surface area contributed by atoms with Crippen LogP contribution in [-0.4, -0.2) is 27.6 Å². The second-order valence-corrected chi connectivity index (χ2v) is 8.41. The smallest absolute Gasteiger partial charge is 0.257 e. The van der Waals surface area contributed by atoms with E-state index in [-0.39, 0.29) is 11.8 Å². The number of para-hydroxylation sites is 2. The number of sulfonamides is 1. The fourth-order valence-electron chi connectivity index (χ4n) is 2.64. The fourth-order valence-corrected chi connectivity index (χ4v) is 3.16. The molecule has 0 fully saturated rings. The molecular formula is C19H24N2O3S. The lowest BCUT2D eigenvalue weighted by Gasteiger charge is -2.21. The van der Waals surface area contributed by atoms with E-state index in [1.54, 1.807) is 24.3 Å². The van der Waals surface area contributed by atoms with Gasteiger partial charge in [-0.3, -0.25) is 9.10 Å². The number of benzene rings is 2. The van der Waals surface area contributed by atoms with E-state index < -0.39 is 10.0 Å². The number of hydrogen-bond donors (Lipinski definition) is 1. The van der Waals surface area contributed by atoms with E-state index in [1.165, 1.54) is 7.05 Å². The van der Waals surface area contributed by atoms with Gasteiger partial charge < -0.3 is 5.32 Å². The van der Waals surface area contributed by atoms with Crippen LogP contribution in [0.15, 0.2) is 42.5 Å². The molecule has 0 aromatic heterocycles. The molecule has 5 nitrogen and oxygen atoms in total. The van der Waals surface area contributed by atoms with E-state index in [0.29, 0.717) is 11.3 Å². The van der Waals surface area contributed by atoms with E-state index in [4.69, 9.17) is 0 Å². The maximum absolute atomic E-state index is 12.9. The highest BCUT2D eigenvalue weighted by Crippen LogP contribution is 2.29. The summed E-state index contributed by atoms with van der Waals surface area (Å²) in [6, 6.07) is 12.6.